The van der Waals surface area contributed by atoms with Crippen molar-refractivity contribution in [1.29, 1.82) is 0 Å². The molecule has 2 rings (SSSR count). The summed E-state index contributed by atoms with van der Waals surface area (Å²) in [6.45, 7) is 2.08. The van der Waals surface area contributed by atoms with Gasteiger partial charge in [0.05, 0.1) is 7.11 Å². The Morgan fingerprint density at radius 1 is 1.47 bits per heavy atom. The van der Waals surface area contributed by atoms with E-state index in [1.165, 1.54) is 19.2 Å². The molecule has 0 aliphatic heterocycles. The van der Waals surface area contributed by atoms with Gasteiger partial charge in [0.2, 0.25) is 0 Å². The largest absolute Gasteiger partial charge is 0.467 e. The maximum absolute atomic E-state index is 12.9. The van der Waals surface area contributed by atoms with Crippen LogP contribution in [0, 0.1) is 11.7 Å². The Balaban J connectivity index is 2.28. The summed E-state index contributed by atoms with van der Waals surface area (Å²) < 4.78 is 17.9. The van der Waals surface area contributed by atoms with Crippen molar-refractivity contribution in [2.45, 2.75) is 38.1 Å². The molecule has 1 aliphatic carbocycles. The van der Waals surface area contributed by atoms with Crippen LogP contribution in [0.4, 0.5) is 10.1 Å². The van der Waals surface area contributed by atoms with E-state index in [2.05, 4.69) is 12.2 Å². The molecule has 1 saturated carbocycles. The topological polar surface area (TPSA) is 38.3 Å². The summed E-state index contributed by atoms with van der Waals surface area (Å²) in [5.74, 6) is -0.248. The molecule has 0 spiro atoms. The average Bonchev–Trinajstić information content (AvgIpc) is 2.84. The third-order valence-corrected chi connectivity index (χ3v) is 4.07. The number of anilines is 1. The van der Waals surface area contributed by atoms with Crippen LogP contribution in [0.5, 0.6) is 0 Å². The lowest BCUT2D eigenvalue weighted by molar-refractivity contribution is -0.147. The van der Waals surface area contributed by atoms with Crippen LogP contribution in [0.2, 0.25) is 0 Å². The Kier molecular flexibility index (Phi) is 4.08. The molecule has 0 saturated heterocycles. The van der Waals surface area contributed by atoms with Gasteiger partial charge in [-0.3, -0.25) is 0 Å². The van der Waals surface area contributed by atoms with E-state index in [0.717, 1.165) is 31.4 Å². The number of ether oxygens (including phenoxy) is 1. The van der Waals surface area contributed by atoms with Gasteiger partial charge in [0, 0.05) is 5.69 Å². The van der Waals surface area contributed by atoms with Crippen molar-refractivity contribution in [3.05, 3.63) is 30.1 Å². The molecule has 1 aliphatic rings. The fourth-order valence-electron chi connectivity index (χ4n) is 3.09. The summed E-state index contributed by atoms with van der Waals surface area (Å²) in [5.41, 5.74) is 0.0913. The van der Waals surface area contributed by atoms with Crippen LogP contribution < -0.4 is 5.32 Å². The third kappa shape index (κ3) is 2.57. The Hall–Kier alpha value is -1.58. The molecule has 0 heterocycles. The monoisotopic (exact) mass is 265 g/mol. The van der Waals surface area contributed by atoms with Gasteiger partial charge in [-0.2, -0.15) is 0 Å². The Morgan fingerprint density at radius 2 is 2.16 bits per heavy atom. The molecule has 0 amide bonds. The number of hydrogen-bond donors (Lipinski definition) is 1. The number of rotatable bonds is 4. The SMILES string of the molecule is CCC1CCCC1(Nc1ccc(F)cc1)C(=O)OC. The van der Waals surface area contributed by atoms with Crippen LogP contribution in [0.1, 0.15) is 32.6 Å². The van der Waals surface area contributed by atoms with Crippen LogP contribution in [0.3, 0.4) is 0 Å². The summed E-state index contributed by atoms with van der Waals surface area (Å²) in [6, 6.07) is 6.10. The summed E-state index contributed by atoms with van der Waals surface area (Å²) >= 11 is 0. The maximum Gasteiger partial charge on any atom is 0.331 e. The zero-order valence-corrected chi connectivity index (χ0v) is 11.4. The number of nitrogens with one attached hydrogen (secondary N) is 1. The van der Waals surface area contributed by atoms with Gasteiger partial charge >= 0.3 is 5.97 Å². The van der Waals surface area contributed by atoms with Crippen molar-refractivity contribution in [3.8, 4) is 0 Å². The van der Waals surface area contributed by atoms with Crippen LogP contribution in [-0.2, 0) is 9.53 Å². The second kappa shape index (κ2) is 5.59. The minimum atomic E-state index is -0.665. The van der Waals surface area contributed by atoms with Gasteiger partial charge in [-0.05, 0) is 43.0 Å². The molecule has 104 valence electrons. The smallest absolute Gasteiger partial charge is 0.331 e. The molecule has 3 nitrogen and oxygen atoms in total. The molecular weight excluding hydrogens is 245 g/mol. The number of esters is 1. The van der Waals surface area contributed by atoms with Crippen LogP contribution in [0.15, 0.2) is 24.3 Å². The van der Waals surface area contributed by atoms with Crippen LogP contribution in [0.25, 0.3) is 0 Å². The van der Waals surface area contributed by atoms with Crippen molar-refractivity contribution < 1.29 is 13.9 Å². The van der Waals surface area contributed by atoms with E-state index in [4.69, 9.17) is 4.74 Å². The van der Waals surface area contributed by atoms with E-state index >= 15 is 0 Å². The van der Waals surface area contributed by atoms with Gasteiger partial charge in [-0.1, -0.05) is 19.8 Å². The van der Waals surface area contributed by atoms with Gasteiger partial charge < -0.3 is 10.1 Å². The quantitative estimate of drug-likeness (QED) is 0.848. The highest BCUT2D eigenvalue weighted by molar-refractivity contribution is 5.85. The maximum atomic E-state index is 12.9. The second-order valence-corrected chi connectivity index (χ2v) is 5.09. The zero-order chi connectivity index (χ0) is 13.9. The van der Waals surface area contributed by atoms with Gasteiger partial charge in [0.1, 0.15) is 11.4 Å². The number of methoxy groups -OCH3 is 1. The molecule has 19 heavy (non-hydrogen) atoms. The number of hydrogen-bond acceptors (Lipinski definition) is 3. The Bertz CT molecular complexity index is 446. The van der Waals surface area contributed by atoms with Gasteiger partial charge in [-0.25, -0.2) is 9.18 Å². The number of carbonyl (C=O) groups is 1. The van der Waals surface area contributed by atoms with Gasteiger partial charge in [0.15, 0.2) is 0 Å². The fourth-order valence-corrected chi connectivity index (χ4v) is 3.09. The van der Waals surface area contributed by atoms with Crippen LogP contribution >= 0.6 is 0 Å². The summed E-state index contributed by atoms with van der Waals surface area (Å²) in [7, 11) is 1.42. The third-order valence-electron chi connectivity index (χ3n) is 4.07. The Labute approximate surface area is 113 Å². The minimum Gasteiger partial charge on any atom is -0.467 e. The van der Waals surface area contributed by atoms with E-state index in [0.29, 0.717) is 0 Å². The average molecular weight is 265 g/mol. The first-order valence-corrected chi connectivity index (χ1v) is 6.74. The predicted octanol–water partition coefficient (Wildman–Crippen LogP) is 3.36. The van der Waals surface area contributed by atoms with E-state index in [9.17, 15) is 9.18 Å². The van der Waals surface area contributed by atoms with Crippen molar-refractivity contribution in [2.24, 2.45) is 5.92 Å². The summed E-state index contributed by atoms with van der Waals surface area (Å²) in [4.78, 5) is 12.2. The van der Waals surface area contributed by atoms with E-state index in [1.807, 2.05) is 0 Å². The molecule has 1 fully saturated rings. The molecule has 1 aromatic rings. The Morgan fingerprint density at radius 3 is 2.74 bits per heavy atom. The first-order valence-electron chi connectivity index (χ1n) is 6.74. The number of benzene rings is 1. The molecule has 0 aromatic heterocycles. The molecule has 0 radical (unpaired) electrons. The molecule has 0 bridgehead atoms. The lowest BCUT2D eigenvalue weighted by Gasteiger charge is -2.34. The van der Waals surface area contributed by atoms with Crippen LogP contribution in [-0.4, -0.2) is 18.6 Å². The normalized spacial score (nSPS) is 26.2. The lowest BCUT2D eigenvalue weighted by Crippen LogP contribution is -2.50. The van der Waals surface area contributed by atoms with Gasteiger partial charge in [0.25, 0.3) is 0 Å². The zero-order valence-electron chi connectivity index (χ0n) is 11.4. The molecule has 4 heteroatoms. The fraction of sp³-hybridized carbons (Fsp3) is 0.533. The highest BCUT2D eigenvalue weighted by Crippen LogP contribution is 2.41. The highest BCUT2D eigenvalue weighted by atomic mass is 19.1. The first-order chi connectivity index (χ1) is 9.12. The molecule has 2 atom stereocenters. The standard InChI is InChI=1S/C15H20FNO2/c1-3-11-5-4-10-15(11,14(18)19-2)17-13-8-6-12(16)7-9-13/h6-9,11,17H,3-5,10H2,1-2H3. The van der Waals surface area contributed by atoms with E-state index in [-0.39, 0.29) is 17.7 Å². The predicted molar refractivity (Wildman–Crippen MR) is 72.4 cm³/mol. The second-order valence-electron chi connectivity index (χ2n) is 5.09. The minimum absolute atomic E-state index is 0.221. The van der Waals surface area contributed by atoms with Crippen molar-refractivity contribution >= 4 is 11.7 Å². The summed E-state index contributed by atoms with van der Waals surface area (Å²) in [5, 5.41) is 3.29. The molecule has 1 N–H and O–H groups in total. The van der Waals surface area contributed by atoms with Gasteiger partial charge in [-0.15, -0.1) is 0 Å². The van der Waals surface area contributed by atoms with E-state index in [1.54, 1.807) is 12.1 Å². The highest BCUT2D eigenvalue weighted by Gasteiger charge is 2.49. The van der Waals surface area contributed by atoms with Crippen molar-refractivity contribution in [1.82, 2.24) is 0 Å². The number of carbonyl (C=O) groups excluding carboxylic acids is 1. The number of halogens is 1. The van der Waals surface area contributed by atoms with Crippen molar-refractivity contribution in [3.63, 3.8) is 0 Å². The molecule has 2 unspecified atom stereocenters. The lowest BCUT2D eigenvalue weighted by atomic mass is 9.84. The molecular formula is C15H20FNO2. The van der Waals surface area contributed by atoms with Crippen molar-refractivity contribution in [2.75, 3.05) is 12.4 Å². The summed E-state index contributed by atoms with van der Waals surface area (Å²) in [6.07, 6.45) is 3.69. The molecule has 1 aromatic carbocycles. The first kappa shape index (κ1) is 13.8. The van der Waals surface area contributed by atoms with E-state index < -0.39 is 5.54 Å².